The molecule has 1 rings (SSSR count). The number of carboxylic acid groups (broad SMARTS) is 1. The van der Waals surface area contributed by atoms with Crippen molar-refractivity contribution in [2.24, 2.45) is 0 Å². The van der Waals surface area contributed by atoms with Crippen LogP contribution in [0.1, 0.15) is 18.4 Å². The number of amides is 2. The van der Waals surface area contributed by atoms with Gasteiger partial charge in [-0.25, -0.2) is 4.79 Å². The van der Waals surface area contributed by atoms with E-state index in [1.54, 1.807) is 31.2 Å². The number of carbonyl (C=O) groups excluding carboxylic acids is 1. The van der Waals surface area contributed by atoms with Gasteiger partial charge in [-0.15, -0.1) is 11.6 Å². The summed E-state index contributed by atoms with van der Waals surface area (Å²) in [6.45, 7) is 2.00. The Hall–Kier alpha value is -1.75. The van der Waals surface area contributed by atoms with Crippen LogP contribution < -0.4 is 10.6 Å². The molecule has 0 radical (unpaired) electrons. The lowest BCUT2D eigenvalue weighted by Gasteiger charge is -2.09. The van der Waals surface area contributed by atoms with Crippen molar-refractivity contribution in [3.63, 3.8) is 0 Å². The predicted octanol–water partition coefficient (Wildman–Crippen LogP) is 2.24. The number of hydrogen-bond donors (Lipinski definition) is 3. The Labute approximate surface area is 110 Å². The van der Waals surface area contributed by atoms with Gasteiger partial charge in [0.2, 0.25) is 0 Å². The van der Waals surface area contributed by atoms with E-state index in [9.17, 15) is 9.59 Å². The molecule has 18 heavy (non-hydrogen) atoms. The molecule has 1 atom stereocenters. The van der Waals surface area contributed by atoms with Gasteiger partial charge in [-0.2, -0.15) is 0 Å². The first kappa shape index (κ1) is 14.3. The number of carbonyl (C=O) groups is 2. The highest BCUT2D eigenvalue weighted by Gasteiger charge is 2.13. The van der Waals surface area contributed by atoms with Crippen LogP contribution in [0.15, 0.2) is 24.3 Å². The fourth-order valence-electron chi connectivity index (χ4n) is 1.33. The lowest BCUT2D eigenvalue weighted by Crippen LogP contribution is -2.30. The normalized spacial score (nSPS) is 11.7. The standard InChI is InChI=1S/C12H15ClN2O3/c1-8(11(16)17)9-2-4-10(5-3-9)15-12(18)14-7-6-13/h2-5,8H,6-7H2,1H3,(H,16,17)(H2,14,15,18). The molecule has 0 saturated carbocycles. The molecule has 0 aliphatic carbocycles. The Balaban J connectivity index is 2.60. The van der Waals surface area contributed by atoms with Crippen molar-refractivity contribution in [1.29, 1.82) is 0 Å². The van der Waals surface area contributed by atoms with Gasteiger partial charge in [-0.05, 0) is 24.6 Å². The second-order valence-corrected chi connectivity index (χ2v) is 4.13. The molecule has 6 heteroatoms. The summed E-state index contributed by atoms with van der Waals surface area (Å²) in [5.74, 6) is -1.10. The van der Waals surface area contributed by atoms with E-state index in [0.29, 0.717) is 23.7 Å². The van der Waals surface area contributed by atoms with Crippen molar-refractivity contribution in [2.75, 3.05) is 17.7 Å². The van der Waals surface area contributed by atoms with E-state index >= 15 is 0 Å². The van der Waals surface area contributed by atoms with Crippen LogP contribution in [-0.4, -0.2) is 29.5 Å². The summed E-state index contributed by atoms with van der Waals surface area (Å²) >= 11 is 5.44. The highest BCUT2D eigenvalue weighted by Crippen LogP contribution is 2.18. The van der Waals surface area contributed by atoms with E-state index in [1.807, 2.05) is 0 Å². The van der Waals surface area contributed by atoms with Crippen LogP contribution in [0, 0.1) is 0 Å². The third-order valence-electron chi connectivity index (χ3n) is 2.42. The molecule has 0 saturated heterocycles. The minimum atomic E-state index is -0.879. The minimum absolute atomic E-state index is 0.338. The molecule has 0 aliphatic heterocycles. The SMILES string of the molecule is CC(C(=O)O)c1ccc(NC(=O)NCCCl)cc1. The van der Waals surface area contributed by atoms with Crippen LogP contribution in [-0.2, 0) is 4.79 Å². The first-order valence-corrected chi connectivity index (χ1v) is 6.01. The number of halogens is 1. The lowest BCUT2D eigenvalue weighted by molar-refractivity contribution is -0.138. The number of anilines is 1. The highest BCUT2D eigenvalue weighted by atomic mass is 35.5. The monoisotopic (exact) mass is 270 g/mol. The average molecular weight is 271 g/mol. The zero-order valence-corrected chi connectivity index (χ0v) is 10.7. The molecule has 0 fully saturated rings. The second kappa shape index (κ2) is 6.86. The third-order valence-corrected chi connectivity index (χ3v) is 2.61. The van der Waals surface area contributed by atoms with E-state index in [-0.39, 0.29) is 6.03 Å². The molecule has 0 aromatic heterocycles. The Bertz CT molecular complexity index is 420. The number of urea groups is 1. The molecular formula is C12H15ClN2O3. The van der Waals surface area contributed by atoms with Gasteiger partial charge in [0, 0.05) is 18.1 Å². The van der Waals surface area contributed by atoms with E-state index in [2.05, 4.69) is 10.6 Å². The molecule has 0 spiro atoms. The van der Waals surface area contributed by atoms with E-state index < -0.39 is 11.9 Å². The van der Waals surface area contributed by atoms with Gasteiger partial charge in [0.15, 0.2) is 0 Å². The smallest absolute Gasteiger partial charge is 0.319 e. The van der Waals surface area contributed by atoms with E-state index in [0.717, 1.165) is 0 Å². The predicted molar refractivity (Wildman–Crippen MR) is 70.2 cm³/mol. The van der Waals surface area contributed by atoms with Crippen LogP contribution in [0.3, 0.4) is 0 Å². The van der Waals surface area contributed by atoms with Gasteiger partial charge < -0.3 is 15.7 Å². The topological polar surface area (TPSA) is 78.4 Å². The number of nitrogens with one attached hydrogen (secondary N) is 2. The number of alkyl halides is 1. The largest absolute Gasteiger partial charge is 0.481 e. The van der Waals surface area contributed by atoms with Gasteiger partial charge in [-0.1, -0.05) is 12.1 Å². The van der Waals surface area contributed by atoms with Crippen molar-refractivity contribution in [3.05, 3.63) is 29.8 Å². The maximum Gasteiger partial charge on any atom is 0.319 e. The van der Waals surface area contributed by atoms with Crippen molar-refractivity contribution in [2.45, 2.75) is 12.8 Å². The molecule has 1 aromatic rings. The summed E-state index contributed by atoms with van der Waals surface area (Å²) in [5.41, 5.74) is 1.29. The number of rotatable bonds is 5. The second-order valence-electron chi connectivity index (χ2n) is 3.75. The van der Waals surface area contributed by atoms with E-state index in [1.165, 1.54) is 0 Å². The summed E-state index contributed by atoms with van der Waals surface area (Å²) < 4.78 is 0. The van der Waals surface area contributed by atoms with Gasteiger partial charge in [0.1, 0.15) is 0 Å². The van der Waals surface area contributed by atoms with Crippen LogP contribution in [0.2, 0.25) is 0 Å². The summed E-state index contributed by atoms with van der Waals surface area (Å²) in [6.07, 6.45) is 0. The summed E-state index contributed by atoms with van der Waals surface area (Å²) in [5, 5.41) is 14.0. The number of carboxylic acids is 1. The zero-order valence-electron chi connectivity index (χ0n) is 9.94. The molecular weight excluding hydrogens is 256 g/mol. The highest BCUT2D eigenvalue weighted by molar-refractivity contribution is 6.18. The average Bonchev–Trinajstić information content (AvgIpc) is 2.36. The fourth-order valence-corrected chi connectivity index (χ4v) is 1.43. The Kier molecular flexibility index (Phi) is 5.45. The Morgan fingerprint density at radius 3 is 2.44 bits per heavy atom. The van der Waals surface area contributed by atoms with Crippen molar-refractivity contribution < 1.29 is 14.7 Å². The Morgan fingerprint density at radius 1 is 1.33 bits per heavy atom. The van der Waals surface area contributed by atoms with Gasteiger partial charge >= 0.3 is 12.0 Å². The van der Waals surface area contributed by atoms with Crippen LogP contribution in [0.5, 0.6) is 0 Å². The fraction of sp³-hybridized carbons (Fsp3) is 0.333. The molecule has 0 aliphatic rings. The number of aliphatic carboxylic acids is 1. The summed E-state index contributed by atoms with van der Waals surface area (Å²) in [7, 11) is 0. The number of hydrogen-bond acceptors (Lipinski definition) is 2. The molecule has 2 amide bonds. The van der Waals surface area contributed by atoms with Crippen molar-refractivity contribution >= 4 is 29.3 Å². The lowest BCUT2D eigenvalue weighted by atomic mass is 10.0. The van der Waals surface area contributed by atoms with Gasteiger partial charge in [-0.3, -0.25) is 4.79 Å². The van der Waals surface area contributed by atoms with Crippen LogP contribution >= 0.6 is 11.6 Å². The van der Waals surface area contributed by atoms with Crippen molar-refractivity contribution in [1.82, 2.24) is 5.32 Å². The Morgan fingerprint density at radius 2 is 1.94 bits per heavy atom. The summed E-state index contributed by atoms with van der Waals surface area (Å²) in [4.78, 5) is 22.1. The maximum atomic E-state index is 11.3. The minimum Gasteiger partial charge on any atom is -0.481 e. The zero-order chi connectivity index (χ0) is 13.5. The van der Waals surface area contributed by atoms with E-state index in [4.69, 9.17) is 16.7 Å². The van der Waals surface area contributed by atoms with Crippen LogP contribution in [0.25, 0.3) is 0 Å². The molecule has 1 aromatic carbocycles. The van der Waals surface area contributed by atoms with Gasteiger partial charge in [0.25, 0.3) is 0 Å². The molecule has 98 valence electrons. The number of benzene rings is 1. The van der Waals surface area contributed by atoms with Gasteiger partial charge in [0.05, 0.1) is 5.92 Å². The molecule has 3 N–H and O–H groups in total. The first-order valence-electron chi connectivity index (χ1n) is 5.48. The van der Waals surface area contributed by atoms with Crippen molar-refractivity contribution in [3.8, 4) is 0 Å². The summed E-state index contributed by atoms with van der Waals surface area (Å²) in [6, 6.07) is 6.34. The first-order chi connectivity index (χ1) is 8.54. The van der Waals surface area contributed by atoms with Crippen LogP contribution in [0.4, 0.5) is 10.5 Å². The quantitative estimate of drug-likeness (QED) is 0.718. The maximum absolute atomic E-state index is 11.3. The molecule has 5 nitrogen and oxygen atoms in total. The molecule has 1 unspecified atom stereocenters. The third kappa shape index (κ3) is 4.25. The molecule has 0 heterocycles. The molecule has 0 bridgehead atoms.